The van der Waals surface area contributed by atoms with Gasteiger partial charge in [0.25, 0.3) is 5.91 Å². The van der Waals surface area contributed by atoms with E-state index < -0.39 is 11.4 Å². The van der Waals surface area contributed by atoms with Gasteiger partial charge in [0.2, 0.25) is 0 Å². The van der Waals surface area contributed by atoms with Crippen molar-refractivity contribution >= 4 is 28.2 Å². The van der Waals surface area contributed by atoms with E-state index in [1.54, 1.807) is 16.6 Å². The zero-order valence-electron chi connectivity index (χ0n) is 22.7. The van der Waals surface area contributed by atoms with Gasteiger partial charge in [-0.05, 0) is 45.7 Å². The third-order valence-electron chi connectivity index (χ3n) is 7.58. The Kier molecular flexibility index (Phi) is 6.55. The lowest BCUT2D eigenvalue weighted by molar-refractivity contribution is 0.0696. The number of nitrogens with zero attached hydrogens (tertiary/aromatic N) is 3. The number of carboxylic acid groups (broad SMARTS) is 1. The fourth-order valence-electron chi connectivity index (χ4n) is 5.17. The summed E-state index contributed by atoms with van der Waals surface area (Å²) in [5.74, 6) is -1.26. The summed E-state index contributed by atoms with van der Waals surface area (Å²) < 4.78 is 1.69. The SMILES string of the molecule is CC(C)(c1ccc2ccccc2c1)c1nnn2cc(-c3ccccc3)cc(C(=O)NCc3ccc(C(=O)O)cc3)c12. The normalized spacial score (nSPS) is 11.6. The highest BCUT2D eigenvalue weighted by Gasteiger charge is 2.31. The zero-order chi connectivity index (χ0) is 28.6. The predicted molar refractivity (Wildman–Crippen MR) is 159 cm³/mol. The molecule has 6 rings (SSSR count). The number of carbonyl (C=O) groups is 2. The first-order valence-electron chi connectivity index (χ1n) is 13.4. The first kappa shape index (κ1) is 26.0. The molecule has 2 aromatic heterocycles. The van der Waals surface area contributed by atoms with E-state index in [0.29, 0.717) is 16.8 Å². The molecule has 0 aliphatic carbocycles. The van der Waals surface area contributed by atoms with Crippen LogP contribution in [0.4, 0.5) is 0 Å². The van der Waals surface area contributed by atoms with Crippen molar-refractivity contribution in [1.82, 2.24) is 20.1 Å². The highest BCUT2D eigenvalue weighted by Crippen LogP contribution is 2.36. The van der Waals surface area contributed by atoms with Gasteiger partial charge in [0, 0.05) is 23.7 Å². The summed E-state index contributed by atoms with van der Waals surface area (Å²) in [6, 6.07) is 32.8. The fourth-order valence-corrected chi connectivity index (χ4v) is 5.17. The third-order valence-corrected chi connectivity index (χ3v) is 7.58. The molecular weight excluding hydrogens is 512 g/mol. The van der Waals surface area contributed by atoms with E-state index in [0.717, 1.165) is 33.0 Å². The van der Waals surface area contributed by atoms with Crippen LogP contribution in [0.1, 0.15) is 51.4 Å². The Bertz CT molecular complexity index is 1910. The number of aromatic nitrogens is 3. The molecule has 7 heteroatoms. The van der Waals surface area contributed by atoms with Crippen molar-refractivity contribution in [3.05, 3.63) is 137 Å². The molecule has 0 radical (unpaired) electrons. The van der Waals surface area contributed by atoms with Gasteiger partial charge in [0.1, 0.15) is 11.2 Å². The van der Waals surface area contributed by atoms with Crippen LogP contribution >= 0.6 is 0 Å². The predicted octanol–water partition coefficient (Wildman–Crippen LogP) is 6.50. The number of aromatic carboxylic acids is 1. The van der Waals surface area contributed by atoms with Gasteiger partial charge >= 0.3 is 5.97 Å². The molecule has 2 N–H and O–H groups in total. The van der Waals surface area contributed by atoms with Gasteiger partial charge < -0.3 is 10.4 Å². The van der Waals surface area contributed by atoms with E-state index in [-0.39, 0.29) is 18.0 Å². The molecule has 0 bridgehead atoms. The Balaban J connectivity index is 1.43. The molecule has 41 heavy (non-hydrogen) atoms. The van der Waals surface area contributed by atoms with Crippen LogP contribution in [-0.4, -0.2) is 31.8 Å². The number of rotatable bonds is 7. The van der Waals surface area contributed by atoms with E-state index in [4.69, 9.17) is 0 Å². The van der Waals surface area contributed by atoms with Crippen LogP contribution in [0, 0.1) is 0 Å². The molecule has 0 aliphatic rings. The summed E-state index contributed by atoms with van der Waals surface area (Å²) >= 11 is 0. The molecule has 7 nitrogen and oxygen atoms in total. The second-order valence-corrected chi connectivity index (χ2v) is 10.6. The van der Waals surface area contributed by atoms with Crippen molar-refractivity contribution in [1.29, 1.82) is 0 Å². The lowest BCUT2D eigenvalue weighted by Crippen LogP contribution is -2.25. The van der Waals surface area contributed by atoms with Crippen LogP contribution in [0.3, 0.4) is 0 Å². The summed E-state index contributed by atoms with van der Waals surface area (Å²) in [7, 11) is 0. The molecule has 0 spiro atoms. The third kappa shape index (κ3) is 4.94. The Morgan fingerprint density at radius 3 is 2.27 bits per heavy atom. The summed E-state index contributed by atoms with van der Waals surface area (Å²) in [6.07, 6.45) is 1.90. The number of pyridine rings is 1. The van der Waals surface area contributed by atoms with Crippen molar-refractivity contribution in [2.75, 3.05) is 0 Å². The molecule has 0 saturated heterocycles. The van der Waals surface area contributed by atoms with Crippen LogP contribution in [0.25, 0.3) is 27.4 Å². The fraction of sp³-hybridized carbons (Fsp3) is 0.118. The van der Waals surface area contributed by atoms with Crippen molar-refractivity contribution in [3.8, 4) is 11.1 Å². The topological polar surface area (TPSA) is 96.6 Å². The van der Waals surface area contributed by atoms with Crippen molar-refractivity contribution in [2.24, 2.45) is 0 Å². The number of carbonyl (C=O) groups excluding carboxylic acids is 1. The molecule has 2 heterocycles. The molecule has 0 fully saturated rings. The van der Waals surface area contributed by atoms with E-state index in [1.807, 2.05) is 54.7 Å². The molecule has 202 valence electrons. The maximum atomic E-state index is 13.8. The van der Waals surface area contributed by atoms with Gasteiger partial charge in [0.05, 0.1) is 11.1 Å². The van der Waals surface area contributed by atoms with Gasteiger partial charge in [-0.1, -0.05) is 104 Å². The number of amides is 1. The molecular formula is C34H28N4O3. The Morgan fingerprint density at radius 2 is 1.54 bits per heavy atom. The van der Waals surface area contributed by atoms with Gasteiger partial charge in [-0.15, -0.1) is 5.10 Å². The van der Waals surface area contributed by atoms with Gasteiger partial charge in [0.15, 0.2) is 0 Å². The molecule has 0 atom stereocenters. The number of hydrogen-bond donors (Lipinski definition) is 2. The van der Waals surface area contributed by atoms with Crippen LogP contribution in [0.15, 0.2) is 109 Å². The molecule has 4 aromatic carbocycles. The van der Waals surface area contributed by atoms with E-state index >= 15 is 0 Å². The van der Waals surface area contributed by atoms with Gasteiger partial charge in [-0.3, -0.25) is 4.79 Å². The first-order chi connectivity index (χ1) is 19.8. The van der Waals surface area contributed by atoms with Crippen LogP contribution < -0.4 is 5.32 Å². The summed E-state index contributed by atoms with van der Waals surface area (Å²) in [6.45, 7) is 4.43. The first-order valence-corrected chi connectivity index (χ1v) is 13.4. The van der Waals surface area contributed by atoms with Gasteiger partial charge in [-0.25, -0.2) is 9.31 Å². The van der Waals surface area contributed by atoms with Gasteiger partial charge in [-0.2, -0.15) is 0 Å². The molecule has 0 aliphatic heterocycles. The number of fused-ring (bicyclic) bond motifs is 2. The van der Waals surface area contributed by atoms with E-state index in [9.17, 15) is 14.7 Å². The summed E-state index contributed by atoms with van der Waals surface area (Å²) in [4.78, 5) is 25.0. The minimum atomic E-state index is -0.990. The minimum Gasteiger partial charge on any atom is -0.478 e. The second kappa shape index (κ2) is 10.4. The molecule has 1 amide bonds. The van der Waals surface area contributed by atoms with E-state index in [1.165, 1.54) is 12.1 Å². The molecule has 0 saturated carbocycles. The van der Waals surface area contributed by atoms with Crippen molar-refractivity contribution in [2.45, 2.75) is 25.8 Å². The average Bonchev–Trinajstić information content (AvgIpc) is 3.45. The number of benzene rings is 4. The number of hydrogen-bond acceptors (Lipinski definition) is 4. The van der Waals surface area contributed by atoms with Crippen LogP contribution in [-0.2, 0) is 12.0 Å². The summed E-state index contributed by atoms with van der Waals surface area (Å²) in [5, 5.41) is 23.6. The maximum Gasteiger partial charge on any atom is 0.335 e. The Labute approximate surface area is 237 Å². The number of nitrogens with one attached hydrogen (secondary N) is 1. The highest BCUT2D eigenvalue weighted by molar-refractivity contribution is 6.02. The maximum absolute atomic E-state index is 13.8. The second-order valence-electron chi connectivity index (χ2n) is 10.6. The van der Waals surface area contributed by atoms with Crippen LogP contribution in [0.2, 0.25) is 0 Å². The largest absolute Gasteiger partial charge is 0.478 e. The average molecular weight is 541 g/mol. The highest BCUT2D eigenvalue weighted by atomic mass is 16.4. The monoisotopic (exact) mass is 540 g/mol. The molecule has 0 unspecified atom stereocenters. The zero-order valence-corrected chi connectivity index (χ0v) is 22.7. The lowest BCUT2D eigenvalue weighted by atomic mass is 9.79. The number of carboxylic acids is 1. The lowest BCUT2D eigenvalue weighted by Gasteiger charge is -2.24. The Hall–Kier alpha value is -5.30. The summed E-state index contributed by atoms with van der Waals surface area (Å²) in [5.41, 5.74) is 5.10. The van der Waals surface area contributed by atoms with E-state index in [2.05, 4.69) is 59.8 Å². The standard InChI is InChI=1S/C34H28N4O3/c1-34(2,28-17-16-24-10-6-7-11-26(24)18-28)31-30-29(32(39)35-20-22-12-14-25(15-13-22)33(40)41)19-27(21-38(30)37-36-31)23-8-4-3-5-9-23/h3-19,21H,20H2,1-2H3,(H,35,39)(H,40,41). The smallest absolute Gasteiger partial charge is 0.335 e. The Morgan fingerprint density at radius 1 is 0.829 bits per heavy atom. The van der Waals surface area contributed by atoms with Crippen molar-refractivity contribution in [3.63, 3.8) is 0 Å². The molecule has 6 aromatic rings. The van der Waals surface area contributed by atoms with Crippen LogP contribution in [0.5, 0.6) is 0 Å². The van der Waals surface area contributed by atoms with Crippen molar-refractivity contribution < 1.29 is 14.7 Å². The quantitative estimate of drug-likeness (QED) is 0.241. The minimum absolute atomic E-state index is 0.197.